The van der Waals surface area contributed by atoms with Crippen LogP contribution in [0.1, 0.15) is 24.4 Å². The van der Waals surface area contributed by atoms with Crippen LogP contribution < -0.4 is 4.72 Å². The number of pyridine rings is 1. The van der Waals surface area contributed by atoms with Gasteiger partial charge in [-0.2, -0.15) is 4.72 Å². The van der Waals surface area contributed by atoms with E-state index in [1.807, 2.05) is 0 Å². The molecular weight excluding hydrogens is 268 g/mol. The van der Waals surface area contributed by atoms with Gasteiger partial charge >= 0.3 is 0 Å². The third-order valence-corrected chi connectivity index (χ3v) is 3.97. The van der Waals surface area contributed by atoms with E-state index in [-0.39, 0.29) is 11.6 Å². The maximum atomic E-state index is 12.1. The van der Waals surface area contributed by atoms with Crippen molar-refractivity contribution in [3.8, 4) is 0 Å². The Morgan fingerprint density at radius 2 is 2.21 bits per heavy atom. The number of aliphatic hydroxyl groups excluding tert-OH is 1. The third kappa shape index (κ3) is 3.16. The molecule has 2 aromatic rings. The SMILES string of the molecule is CC(NS(=O)(=O)c1ccc(CO)cn1)c1ncc[nH]1. The first-order valence-electron chi connectivity index (χ1n) is 5.60. The lowest BCUT2D eigenvalue weighted by atomic mass is 10.3. The Morgan fingerprint density at radius 1 is 1.42 bits per heavy atom. The van der Waals surface area contributed by atoms with E-state index in [4.69, 9.17) is 5.11 Å². The first-order valence-corrected chi connectivity index (χ1v) is 7.08. The molecule has 102 valence electrons. The van der Waals surface area contributed by atoms with Crippen molar-refractivity contribution in [3.05, 3.63) is 42.1 Å². The summed E-state index contributed by atoms with van der Waals surface area (Å²) in [6, 6.07) is 2.38. The van der Waals surface area contributed by atoms with E-state index in [0.29, 0.717) is 11.4 Å². The van der Waals surface area contributed by atoms with Crippen LogP contribution in [0.4, 0.5) is 0 Å². The van der Waals surface area contributed by atoms with Crippen molar-refractivity contribution in [1.29, 1.82) is 0 Å². The van der Waals surface area contributed by atoms with Gasteiger partial charge in [0.15, 0.2) is 5.03 Å². The average molecular weight is 282 g/mol. The number of aromatic nitrogens is 3. The smallest absolute Gasteiger partial charge is 0.258 e. The van der Waals surface area contributed by atoms with Crippen LogP contribution in [0.15, 0.2) is 35.7 Å². The lowest BCUT2D eigenvalue weighted by Gasteiger charge is -2.11. The maximum Gasteiger partial charge on any atom is 0.258 e. The largest absolute Gasteiger partial charge is 0.392 e. The van der Waals surface area contributed by atoms with Gasteiger partial charge in [0.1, 0.15) is 5.82 Å². The highest BCUT2D eigenvalue weighted by molar-refractivity contribution is 7.89. The van der Waals surface area contributed by atoms with E-state index >= 15 is 0 Å². The first kappa shape index (κ1) is 13.7. The van der Waals surface area contributed by atoms with Gasteiger partial charge in [-0.05, 0) is 18.6 Å². The molecule has 1 unspecified atom stereocenters. The van der Waals surface area contributed by atoms with Gasteiger partial charge < -0.3 is 10.1 Å². The van der Waals surface area contributed by atoms with E-state index in [0.717, 1.165) is 0 Å². The van der Waals surface area contributed by atoms with Crippen molar-refractivity contribution in [1.82, 2.24) is 19.7 Å². The number of sulfonamides is 1. The molecule has 0 spiro atoms. The van der Waals surface area contributed by atoms with Gasteiger partial charge in [0.25, 0.3) is 10.0 Å². The maximum absolute atomic E-state index is 12.1. The summed E-state index contributed by atoms with van der Waals surface area (Å²) in [5.74, 6) is 0.524. The summed E-state index contributed by atoms with van der Waals surface area (Å²) in [6.07, 6.45) is 4.50. The van der Waals surface area contributed by atoms with Crippen LogP contribution in [-0.2, 0) is 16.6 Å². The molecule has 8 heteroatoms. The molecule has 0 aliphatic heterocycles. The highest BCUT2D eigenvalue weighted by Gasteiger charge is 2.20. The Bertz CT molecular complexity index is 622. The Morgan fingerprint density at radius 3 is 2.74 bits per heavy atom. The van der Waals surface area contributed by atoms with Gasteiger partial charge in [0.05, 0.1) is 12.6 Å². The monoisotopic (exact) mass is 282 g/mol. The van der Waals surface area contributed by atoms with Gasteiger partial charge in [0.2, 0.25) is 0 Å². The van der Waals surface area contributed by atoms with Crippen molar-refractivity contribution in [2.24, 2.45) is 0 Å². The summed E-state index contributed by atoms with van der Waals surface area (Å²) < 4.78 is 26.6. The minimum absolute atomic E-state index is 0.0943. The van der Waals surface area contributed by atoms with E-state index in [2.05, 4.69) is 19.7 Å². The number of rotatable bonds is 5. The van der Waals surface area contributed by atoms with Crippen molar-refractivity contribution in [3.63, 3.8) is 0 Å². The average Bonchev–Trinajstić information content (AvgIpc) is 2.92. The molecule has 3 N–H and O–H groups in total. The second-order valence-electron chi connectivity index (χ2n) is 3.98. The van der Waals surface area contributed by atoms with Crippen LogP contribution in [0.25, 0.3) is 0 Å². The number of aliphatic hydroxyl groups is 1. The van der Waals surface area contributed by atoms with Crippen molar-refractivity contribution < 1.29 is 13.5 Å². The van der Waals surface area contributed by atoms with Crippen LogP contribution >= 0.6 is 0 Å². The van der Waals surface area contributed by atoms with Crippen molar-refractivity contribution >= 4 is 10.0 Å². The van der Waals surface area contributed by atoms with Crippen molar-refractivity contribution in [2.45, 2.75) is 24.6 Å². The predicted octanol–water partition coefficient (Wildman–Crippen LogP) is 0.336. The Kier molecular flexibility index (Phi) is 3.93. The predicted molar refractivity (Wildman–Crippen MR) is 67.5 cm³/mol. The minimum Gasteiger partial charge on any atom is -0.392 e. The molecule has 2 heterocycles. The number of H-pyrrole nitrogens is 1. The molecule has 0 saturated heterocycles. The topological polar surface area (TPSA) is 108 Å². The number of nitrogens with one attached hydrogen (secondary N) is 2. The van der Waals surface area contributed by atoms with Gasteiger partial charge in [-0.15, -0.1) is 0 Å². The molecule has 0 saturated carbocycles. The summed E-state index contributed by atoms with van der Waals surface area (Å²) in [7, 11) is -3.71. The molecule has 0 aliphatic carbocycles. The van der Waals surface area contributed by atoms with Crippen LogP contribution in [0.2, 0.25) is 0 Å². The summed E-state index contributed by atoms with van der Waals surface area (Å²) in [6.45, 7) is 1.50. The van der Waals surface area contributed by atoms with Crippen LogP contribution in [0.5, 0.6) is 0 Å². The number of nitrogens with zero attached hydrogens (tertiary/aromatic N) is 2. The zero-order valence-corrected chi connectivity index (χ0v) is 11.1. The lowest BCUT2D eigenvalue weighted by Crippen LogP contribution is -2.28. The Hall–Kier alpha value is -1.77. The van der Waals surface area contributed by atoms with Crippen LogP contribution in [0.3, 0.4) is 0 Å². The molecule has 0 aliphatic rings. The van der Waals surface area contributed by atoms with Crippen LogP contribution in [-0.4, -0.2) is 28.5 Å². The summed E-state index contributed by atoms with van der Waals surface area (Å²) in [5, 5.41) is 8.79. The summed E-state index contributed by atoms with van der Waals surface area (Å²) >= 11 is 0. The molecule has 0 fully saturated rings. The third-order valence-electron chi connectivity index (χ3n) is 2.52. The number of hydrogen-bond donors (Lipinski definition) is 3. The molecule has 7 nitrogen and oxygen atoms in total. The lowest BCUT2D eigenvalue weighted by molar-refractivity contribution is 0.281. The van der Waals surface area contributed by atoms with E-state index in [1.54, 1.807) is 19.3 Å². The summed E-state index contributed by atoms with van der Waals surface area (Å²) in [5.41, 5.74) is 0.554. The zero-order valence-electron chi connectivity index (χ0n) is 10.2. The molecule has 19 heavy (non-hydrogen) atoms. The highest BCUT2D eigenvalue weighted by Crippen LogP contribution is 2.12. The van der Waals surface area contributed by atoms with E-state index < -0.39 is 16.1 Å². The molecule has 0 bridgehead atoms. The van der Waals surface area contributed by atoms with Crippen LogP contribution in [0, 0.1) is 0 Å². The second-order valence-corrected chi connectivity index (χ2v) is 5.64. The van der Waals surface area contributed by atoms with Gasteiger partial charge in [-0.1, -0.05) is 6.07 Å². The Balaban J connectivity index is 2.17. The molecule has 0 amide bonds. The molecule has 0 radical (unpaired) electrons. The van der Waals surface area contributed by atoms with E-state index in [1.165, 1.54) is 18.3 Å². The molecule has 2 aromatic heterocycles. The molecule has 1 atom stereocenters. The fourth-order valence-electron chi connectivity index (χ4n) is 1.53. The quantitative estimate of drug-likeness (QED) is 0.732. The molecular formula is C11H14N4O3S. The standard InChI is InChI=1S/C11H14N4O3S/c1-8(11-12-4-5-13-11)15-19(17,18)10-3-2-9(7-16)6-14-10/h2-6,8,15-16H,7H2,1H3,(H,12,13). The highest BCUT2D eigenvalue weighted by atomic mass is 32.2. The fourth-order valence-corrected chi connectivity index (χ4v) is 2.66. The molecule has 0 aromatic carbocycles. The first-order chi connectivity index (χ1) is 9.03. The zero-order chi connectivity index (χ0) is 13.9. The Labute approximate surface area is 110 Å². The van der Waals surface area contributed by atoms with Gasteiger partial charge in [-0.3, -0.25) is 0 Å². The fraction of sp³-hybridized carbons (Fsp3) is 0.273. The number of hydrogen-bond acceptors (Lipinski definition) is 5. The normalized spacial score (nSPS) is 13.4. The minimum atomic E-state index is -3.71. The van der Waals surface area contributed by atoms with Gasteiger partial charge in [-0.25, -0.2) is 18.4 Å². The summed E-state index contributed by atoms with van der Waals surface area (Å²) in [4.78, 5) is 10.6. The molecule has 2 rings (SSSR count). The van der Waals surface area contributed by atoms with Crippen molar-refractivity contribution in [2.75, 3.05) is 0 Å². The second kappa shape index (κ2) is 5.47. The number of imidazole rings is 1. The van der Waals surface area contributed by atoms with E-state index in [9.17, 15) is 8.42 Å². The number of aromatic amines is 1. The van der Waals surface area contributed by atoms with Gasteiger partial charge in [0, 0.05) is 18.6 Å².